The normalized spacial score (nSPS) is 31.2. The highest BCUT2D eigenvalue weighted by atomic mass is 16.5. The van der Waals surface area contributed by atoms with E-state index in [2.05, 4.69) is 0 Å². The summed E-state index contributed by atoms with van der Waals surface area (Å²) in [5.74, 6) is 0. The number of hydroxylamine groups is 4. The van der Waals surface area contributed by atoms with E-state index in [0.29, 0.717) is 10.1 Å². The molecule has 0 saturated heterocycles. The Bertz CT molecular complexity index is 213. The molecule has 1 fully saturated rings. The van der Waals surface area contributed by atoms with Crippen LogP contribution in [-0.2, 0) is 0 Å². The van der Waals surface area contributed by atoms with E-state index in [1.807, 2.05) is 0 Å². The van der Waals surface area contributed by atoms with Gasteiger partial charge >= 0.3 is 0 Å². The summed E-state index contributed by atoms with van der Waals surface area (Å²) in [6.45, 7) is 0. The second-order valence-corrected chi connectivity index (χ2v) is 6.60. The summed E-state index contributed by atoms with van der Waals surface area (Å²) in [5, 5.41) is 24.1. The lowest BCUT2D eigenvalue weighted by Gasteiger charge is -2.30. The number of rotatable bonds is 2. The van der Waals surface area contributed by atoms with Crippen LogP contribution in [-0.4, -0.2) is 26.2 Å². The SMILES string of the molecule is C[NH+]([O-])C1CCCCCCCCC[C@@H]([NH+](C)[O-])CCC1. The van der Waals surface area contributed by atoms with E-state index in [0.717, 1.165) is 32.1 Å². The van der Waals surface area contributed by atoms with E-state index in [9.17, 15) is 10.4 Å². The van der Waals surface area contributed by atoms with Crippen molar-refractivity contribution >= 4 is 0 Å². The summed E-state index contributed by atoms with van der Waals surface area (Å²) in [5.41, 5.74) is 0. The van der Waals surface area contributed by atoms with Crippen molar-refractivity contribution in [2.75, 3.05) is 14.1 Å². The first-order valence-corrected chi connectivity index (χ1v) is 8.62. The van der Waals surface area contributed by atoms with Gasteiger partial charge in [-0.1, -0.05) is 32.1 Å². The van der Waals surface area contributed by atoms with Crippen molar-refractivity contribution < 1.29 is 10.1 Å². The summed E-state index contributed by atoms with van der Waals surface area (Å²) in [6.07, 6.45) is 14.0. The Labute approximate surface area is 124 Å². The minimum atomic E-state index is 0.241. The molecule has 1 aliphatic carbocycles. The van der Waals surface area contributed by atoms with Crippen LogP contribution in [0.25, 0.3) is 0 Å². The zero-order chi connectivity index (χ0) is 14.8. The molecule has 0 aromatic heterocycles. The molecule has 1 aliphatic rings. The summed E-state index contributed by atoms with van der Waals surface area (Å²) < 4.78 is 0. The lowest BCUT2D eigenvalue weighted by molar-refractivity contribution is -0.858. The highest BCUT2D eigenvalue weighted by molar-refractivity contribution is 4.63. The van der Waals surface area contributed by atoms with Gasteiger partial charge in [-0.2, -0.15) is 0 Å². The Kier molecular flexibility index (Phi) is 9.44. The van der Waals surface area contributed by atoms with Crippen molar-refractivity contribution in [1.82, 2.24) is 0 Å². The topological polar surface area (TPSA) is 55.0 Å². The third-order valence-corrected chi connectivity index (χ3v) is 4.86. The first-order chi connectivity index (χ1) is 9.61. The molecule has 4 atom stereocenters. The number of hydrogen-bond donors (Lipinski definition) is 2. The van der Waals surface area contributed by atoms with Crippen LogP contribution in [0.3, 0.4) is 0 Å². The molecule has 1 saturated carbocycles. The minimum absolute atomic E-state index is 0.241. The smallest absolute Gasteiger partial charge is 0.0869 e. The van der Waals surface area contributed by atoms with Crippen molar-refractivity contribution in [1.29, 1.82) is 0 Å². The molecule has 0 aromatic rings. The molecule has 0 heterocycles. The molecule has 0 bridgehead atoms. The van der Waals surface area contributed by atoms with Crippen LogP contribution in [0, 0.1) is 10.4 Å². The first-order valence-electron chi connectivity index (χ1n) is 8.62. The fourth-order valence-electron chi connectivity index (χ4n) is 3.38. The Hall–Kier alpha value is -0.160. The first kappa shape index (κ1) is 17.9. The second kappa shape index (κ2) is 10.6. The Morgan fingerprint density at radius 2 is 0.850 bits per heavy atom. The number of hydrogen-bond acceptors (Lipinski definition) is 2. The predicted octanol–water partition coefficient (Wildman–Crippen LogP) is 1.44. The van der Waals surface area contributed by atoms with Crippen LogP contribution in [0.5, 0.6) is 0 Å². The summed E-state index contributed by atoms with van der Waals surface area (Å²) in [4.78, 5) is 0. The van der Waals surface area contributed by atoms with Gasteiger partial charge < -0.3 is 20.5 Å². The van der Waals surface area contributed by atoms with Crippen molar-refractivity contribution in [3.63, 3.8) is 0 Å². The molecule has 20 heavy (non-hydrogen) atoms. The van der Waals surface area contributed by atoms with Gasteiger partial charge in [-0.25, -0.2) is 0 Å². The molecular formula is C16H34N2O2. The molecule has 0 aliphatic heterocycles. The van der Waals surface area contributed by atoms with Crippen LogP contribution in [0.2, 0.25) is 0 Å². The molecule has 3 unspecified atom stereocenters. The number of nitrogens with one attached hydrogen (secondary N) is 2. The molecule has 0 aromatic carbocycles. The minimum Gasteiger partial charge on any atom is -0.634 e. The highest BCUT2D eigenvalue weighted by Gasteiger charge is 2.17. The van der Waals surface area contributed by atoms with E-state index >= 15 is 0 Å². The monoisotopic (exact) mass is 286 g/mol. The van der Waals surface area contributed by atoms with Crippen LogP contribution in [0.4, 0.5) is 0 Å². The summed E-state index contributed by atoms with van der Waals surface area (Å²) in [7, 11) is 3.46. The van der Waals surface area contributed by atoms with E-state index in [4.69, 9.17) is 0 Å². The maximum Gasteiger partial charge on any atom is 0.0869 e. The fraction of sp³-hybridized carbons (Fsp3) is 1.00. The maximum absolute atomic E-state index is 11.7. The zero-order valence-electron chi connectivity index (χ0n) is 13.5. The van der Waals surface area contributed by atoms with Crippen molar-refractivity contribution in [2.24, 2.45) is 0 Å². The molecule has 120 valence electrons. The Morgan fingerprint density at radius 3 is 1.20 bits per heavy atom. The molecule has 4 heteroatoms. The van der Waals surface area contributed by atoms with Gasteiger partial charge in [0, 0.05) is 0 Å². The molecule has 0 spiro atoms. The van der Waals surface area contributed by atoms with Gasteiger partial charge in [-0.15, -0.1) is 0 Å². The van der Waals surface area contributed by atoms with Crippen LogP contribution < -0.4 is 10.1 Å². The van der Waals surface area contributed by atoms with Gasteiger partial charge in [0.25, 0.3) is 0 Å². The third-order valence-electron chi connectivity index (χ3n) is 4.86. The van der Waals surface area contributed by atoms with E-state index < -0.39 is 0 Å². The lowest BCUT2D eigenvalue weighted by atomic mass is 9.96. The third kappa shape index (κ3) is 7.58. The van der Waals surface area contributed by atoms with E-state index in [1.165, 1.54) is 44.9 Å². The largest absolute Gasteiger partial charge is 0.634 e. The van der Waals surface area contributed by atoms with E-state index in [-0.39, 0.29) is 12.1 Å². The highest BCUT2D eigenvalue weighted by Crippen LogP contribution is 2.15. The van der Waals surface area contributed by atoms with Gasteiger partial charge in [-0.05, 0) is 44.9 Å². The Morgan fingerprint density at radius 1 is 0.550 bits per heavy atom. The van der Waals surface area contributed by atoms with Crippen molar-refractivity contribution in [3.05, 3.63) is 10.4 Å². The average molecular weight is 286 g/mol. The van der Waals surface area contributed by atoms with Gasteiger partial charge in [0.15, 0.2) is 0 Å². The van der Waals surface area contributed by atoms with Gasteiger partial charge in [0.2, 0.25) is 0 Å². The van der Waals surface area contributed by atoms with Gasteiger partial charge in [-0.3, -0.25) is 0 Å². The fourth-order valence-corrected chi connectivity index (χ4v) is 3.38. The van der Waals surface area contributed by atoms with Gasteiger partial charge in [0.1, 0.15) is 0 Å². The Balaban J connectivity index is 2.45. The lowest BCUT2D eigenvalue weighted by Crippen LogP contribution is -3.08. The van der Waals surface area contributed by atoms with Crippen molar-refractivity contribution in [2.45, 2.75) is 89.1 Å². The quantitative estimate of drug-likeness (QED) is 0.755. The molecular weight excluding hydrogens is 252 g/mol. The molecule has 2 N–H and O–H groups in total. The van der Waals surface area contributed by atoms with Crippen molar-refractivity contribution in [3.8, 4) is 0 Å². The van der Waals surface area contributed by atoms with Crippen LogP contribution in [0.15, 0.2) is 0 Å². The summed E-state index contributed by atoms with van der Waals surface area (Å²) >= 11 is 0. The molecule has 1 rings (SSSR count). The number of quaternary nitrogens is 2. The van der Waals surface area contributed by atoms with E-state index in [1.54, 1.807) is 14.1 Å². The molecule has 4 nitrogen and oxygen atoms in total. The predicted molar refractivity (Wildman–Crippen MR) is 83.5 cm³/mol. The van der Waals surface area contributed by atoms with Crippen LogP contribution in [0.1, 0.15) is 77.0 Å². The van der Waals surface area contributed by atoms with Crippen LogP contribution >= 0.6 is 0 Å². The van der Waals surface area contributed by atoms with Gasteiger partial charge in [0.05, 0.1) is 26.2 Å². The zero-order valence-corrected chi connectivity index (χ0v) is 13.5. The second-order valence-electron chi connectivity index (χ2n) is 6.60. The maximum atomic E-state index is 11.7. The standard InChI is InChI=1S/C16H34N2O2/c1-17(19)15-11-8-6-4-3-5-7-9-12-16(18(2)20)14-10-13-15/h15-18H,3-14H2,1-2H3/t15-,16?/m1/s1. The average Bonchev–Trinajstić information content (AvgIpc) is 2.40. The summed E-state index contributed by atoms with van der Waals surface area (Å²) in [6, 6.07) is 0.482. The molecule has 0 radical (unpaired) electrons. The molecule has 0 amide bonds.